The third kappa shape index (κ3) is 3.58. The molecule has 1 heterocycles. The second kappa shape index (κ2) is 7.49. The van der Waals surface area contributed by atoms with Crippen molar-refractivity contribution in [2.24, 2.45) is 5.73 Å². The van der Waals surface area contributed by atoms with Crippen LogP contribution < -0.4 is 11.1 Å². The monoisotopic (exact) mass is 413 g/mol. The average molecular weight is 414 g/mol. The molecular formula is C26H27N3O2. The highest BCUT2D eigenvalue weighted by atomic mass is 16.2. The predicted octanol–water partition coefficient (Wildman–Crippen LogP) is 4.40. The summed E-state index contributed by atoms with van der Waals surface area (Å²) in [5.41, 5.74) is 9.69. The van der Waals surface area contributed by atoms with Gasteiger partial charge in [-0.05, 0) is 78.9 Å². The number of rotatable bonds is 5. The molecule has 2 amide bonds. The number of nitrogens with one attached hydrogen (secondary N) is 1. The van der Waals surface area contributed by atoms with E-state index in [1.54, 1.807) is 0 Å². The van der Waals surface area contributed by atoms with Crippen molar-refractivity contribution in [2.45, 2.75) is 56.9 Å². The number of nitrogens with zero attached hydrogens (tertiary/aromatic N) is 1. The molecule has 5 nitrogen and oxygen atoms in total. The van der Waals surface area contributed by atoms with E-state index in [9.17, 15) is 9.59 Å². The van der Waals surface area contributed by atoms with Crippen molar-refractivity contribution in [2.75, 3.05) is 0 Å². The number of fused-ring (bicyclic) bond motifs is 1. The summed E-state index contributed by atoms with van der Waals surface area (Å²) in [7, 11) is 0. The number of aromatic nitrogens is 1. The van der Waals surface area contributed by atoms with Gasteiger partial charge in [-0.3, -0.25) is 14.6 Å². The Labute approximate surface area is 182 Å². The van der Waals surface area contributed by atoms with Gasteiger partial charge in [-0.1, -0.05) is 31.0 Å². The molecule has 3 aromatic rings. The zero-order valence-electron chi connectivity index (χ0n) is 17.8. The number of pyridine rings is 1. The number of aryl methyl sites for hydroxylation is 1. The second-order valence-corrected chi connectivity index (χ2v) is 9.06. The molecule has 5 heteroatoms. The van der Waals surface area contributed by atoms with Gasteiger partial charge < -0.3 is 11.1 Å². The van der Waals surface area contributed by atoms with Gasteiger partial charge >= 0.3 is 0 Å². The lowest BCUT2D eigenvalue weighted by Gasteiger charge is -2.14. The first-order valence-electron chi connectivity index (χ1n) is 11.1. The fraction of sp³-hybridized carbons (Fsp3) is 0.346. The maximum Gasteiger partial charge on any atom is 0.251 e. The molecule has 0 bridgehead atoms. The third-order valence-electron chi connectivity index (χ3n) is 6.93. The predicted molar refractivity (Wildman–Crippen MR) is 122 cm³/mol. The molecule has 0 atom stereocenters. The fourth-order valence-electron chi connectivity index (χ4n) is 4.74. The highest BCUT2D eigenvalue weighted by Gasteiger charge is 2.51. The van der Waals surface area contributed by atoms with Crippen LogP contribution in [0.2, 0.25) is 0 Å². The van der Waals surface area contributed by atoms with Gasteiger partial charge in [-0.25, -0.2) is 0 Å². The zero-order valence-corrected chi connectivity index (χ0v) is 17.8. The van der Waals surface area contributed by atoms with Crippen molar-refractivity contribution >= 4 is 22.6 Å². The average Bonchev–Trinajstić information content (AvgIpc) is 3.44. The van der Waals surface area contributed by atoms with Crippen LogP contribution in [0.25, 0.3) is 21.9 Å². The Bertz CT molecular complexity index is 1190. The van der Waals surface area contributed by atoms with Crippen LogP contribution in [0.4, 0.5) is 0 Å². The Balaban J connectivity index is 1.46. The molecule has 0 radical (unpaired) electrons. The number of benzene rings is 2. The number of carbonyl (C=O) groups excluding carboxylic acids is 2. The molecule has 0 aliphatic heterocycles. The number of carbonyl (C=O) groups is 2. The first-order valence-corrected chi connectivity index (χ1v) is 11.1. The van der Waals surface area contributed by atoms with E-state index in [0.717, 1.165) is 58.8 Å². The largest absolute Gasteiger partial charge is 0.369 e. The summed E-state index contributed by atoms with van der Waals surface area (Å²) >= 11 is 0. The quantitative estimate of drug-likeness (QED) is 0.650. The van der Waals surface area contributed by atoms with Gasteiger partial charge in [0.25, 0.3) is 5.91 Å². The van der Waals surface area contributed by atoms with Crippen LogP contribution >= 0.6 is 0 Å². The standard InChI is InChI=1S/C26H27N3O2/c1-16-6-7-19(24(30)29-21-4-2-3-5-21)13-22(16)18-9-8-17-14-23(28-15-20(17)12-18)26(10-11-26)25(27)31/h6-9,12-15,21H,2-5,10-11H2,1H3,(H2,27,31)(H,29,30). The zero-order chi connectivity index (χ0) is 21.6. The molecule has 2 fully saturated rings. The molecule has 2 aromatic carbocycles. The van der Waals surface area contributed by atoms with Crippen LogP contribution in [0, 0.1) is 6.92 Å². The van der Waals surface area contributed by atoms with Gasteiger partial charge in [0.2, 0.25) is 5.91 Å². The molecule has 3 N–H and O–H groups in total. The van der Waals surface area contributed by atoms with Gasteiger partial charge in [0, 0.05) is 23.2 Å². The number of primary amides is 1. The van der Waals surface area contributed by atoms with E-state index >= 15 is 0 Å². The van der Waals surface area contributed by atoms with E-state index in [1.165, 1.54) is 12.8 Å². The Hall–Kier alpha value is -3.21. The smallest absolute Gasteiger partial charge is 0.251 e. The minimum Gasteiger partial charge on any atom is -0.369 e. The second-order valence-electron chi connectivity index (χ2n) is 9.06. The first kappa shape index (κ1) is 19.7. The maximum absolute atomic E-state index is 12.7. The molecule has 0 unspecified atom stereocenters. The van der Waals surface area contributed by atoms with Crippen molar-refractivity contribution < 1.29 is 9.59 Å². The highest BCUT2D eigenvalue weighted by molar-refractivity contribution is 5.97. The van der Waals surface area contributed by atoms with Crippen molar-refractivity contribution in [1.29, 1.82) is 0 Å². The number of amides is 2. The molecule has 0 spiro atoms. The van der Waals surface area contributed by atoms with Crippen LogP contribution in [-0.4, -0.2) is 22.8 Å². The number of nitrogens with two attached hydrogens (primary N) is 1. The van der Waals surface area contributed by atoms with Gasteiger partial charge in [0.15, 0.2) is 0 Å². The van der Waals surface area contributed by atoms with Gasteiger partial charge in [0.1, 0.15) is 0 Å². The Morgan fingerprint density at radius 1 is 1.03 bits per heavy atom. The van der Waals surface area contributed by atoms with Crippen LogP contribution in [0.1, 0.15) is 60.1 Å². The van der Waals surface area contributed by atoms with Crippen molar-refractivity contribution in [3.8, 4) is 11.1 Å². The van der Waals surface area contributed by atoms with E-state index < -0.39 is 5.41 Å². The lowest BCUT2D eigenvalue weighted by atomic mass is 9.94. The first-order chi connectivity index (χ1) is 15.0. The van der Waals surface area contributed by atoms with Crippen molar-refractivity contribution in [1.82, 2.24) is 10.3 Å². The molecule has 2 aliphatic rings. The summed E-state index contributed by atoms with van der Waals surface area (Å²) in [5, 5.41) is 5.21. The summed E-state index contributed by atoms with van der Waals surface area (Å²) < 4.78 is 0. The summed E-state index contributed by atoms with van der Waals surface area (Å²) in [6.07, 6.45) is 7.89. The fourth-order valence-corrected chi connectivity index (χ4v) is 4.74. The molecule has 1 aromatic heterocycles. The molecule has 158 valence electrons. The van der Waals surface area contributed by atoms with Crippen LogP contribution in [0.5, 0.6) is 0 Å². The highest BCUT2D eigenvalue weighted by Crippen LogP contribution is 2.47. The topological polar surface area (TPSA) is 85.1 Å². The van der Waals surface area contributed by atoms with E-state index in [0.29, 0.717) is 11.6 Å². The molecule has 2 saturated carbocycles. The minimum atomic E-state index is -0.579. The normalized spacial score (nSPS) is 17.6. The number of hydrogen-bond donors (Lipinski definition) is 2. The van der Waals surface area contributed by atoms with E-state index in [2.05, 4.69) is 35.4 Å². The van der Waals surface area contributed by atoms with E-state index in [4.69, 9.17) is 5.73 Å². The summed E-state index contributed by atoms with van der Waals surface area (Å²) in [5.74, 6) is -0.291. The van der Waals surface area contributed by atoms with E-state index in [-0.39, 0.29) is 11.8 Å². The van der Waals surface area contributed by atoms with E-state index in [1.807, 2.05) is 30.5 Å². The lowest BCUT2D eigenvalue weighted by Crippen LogP contribution is -2.32. The van der Waals surface area contributed by atoms with Gasteiger partial charge in [0.05, 0.1) is 11.1 Å². The lowest BCUT2D eigenvalue weighted by molar-refractivity contribution is -0.120. The molecular weight excluding hydrogens is 386 g/mol. The number of hydrogen-bond acceptors (Lipinski definition) is 3. The molecule has 31 heavy (non-hydrogen) atoms. The maximum atomic E-state index is 12.7. The minimum absolute atomic E-state index is 0.00132. The molecule has 2 aliphatic carbocycles. The Kier molecular flexibility index (Phi) is 4.77. The van der Waals surface area contributed by atoms with Crippen LogP contribution in [-0.2, 0) is 10.2 Å². The van der Waals surface area contributed by atoms with Gasteiger partial charge in [-0.2, -0.15) is 0 Å². The van der Waals surface area contributed by atoms with Crippen molar-refractivity contribution in [3.63, 3.8) is 0 Å². The summed E-state index contributed by atoms with van der Waals surface area (Å²) in [4.78, 5) is 29.1. The van der Waals surface area contributed by atoms with Crippen LogP contribution in [0.3, 0.4) is 0 Å². The molecule has 5 rings (SSSR count). The SMILES string of the molecule is Cc1ccc(C(=O)NC2CCCC2)cc1-c1ccc2cc(C3(C(N)=O)CC3)ncc2c1. The summed E-state index contributed by atoms with van der Waals surface area (Å²) in [6, 6.07) is 14.4. The Morgan fingerprint density at radius 2 is 1.81 bits per heavy atom. The Morgan fingerprint density at radius 3 is 2.52 bits per heavy atom. The van der Waals surface area contributed by atoms with Crippen molar-refractivity contribution in [3.05, 3.63) is 65.5 Å². The van der Waals surface area contributed by atoms with Gasteiger partial charge in [-0.15, -0.1) is 0 Å². The van der Waals surface area contributed by atoms with Crippen LogP contribution in [0.15, 0.2) is 48.7 Å². The third-order valence-corrected chi connectivity index (χ3v) is 6.93. The molecule has 0 saturated heterocycles. The summed E-state index contributed by atoms with van der Waals surface area (Å²) in [6.45, 7) is 2.06.